The normalized spacial score (nSPS) is 21.7. The maximum absolute atomic E-state index is 5.43. The zero-order chi connectivity index (χ0) is 14.1. The van der Waals surface area contributed by atoms with Gasteiger partial charge >= 0.3 is 0 Å². The Kier molecular flexibility index (Phi) is 3.28. The van der Waals surface area contributed by atoms with E-state index in [0.717, 1.165) is 18.8 Å². The van der Waals surface area contributed by atoms with Gasteiger partial charge in [0.05, 0.1) is 12.8 Å². The number of furan rings is 1. The van der Waals surface area contributed by atoms with Crippen LogP contribution in [-0.4, -0.2) is 41.0 Å². The highest BCUT2D eigenvalue weighted by Crippen LogP contribution is 2.40. The van der Waals surface area contributed by atoms with Crippen LogP contribution in [0.4, 0.5) is 0 Å². The lowest BCUT2D eigenvalue weighted by molar-refractivity contribution is -0.00267. The van der Waals surface area contributed by atoms with Crippen molar-refractivity contribution in [3.05, 3.63) is 54.2 Å². The van der Waals surface area contributed by atoms with E-state index in [9.17, 15) is 0 Å². The number of rotatable bonds is 4. The van der Waals surface area contributed by atoms with Gasteiger partial charge < -0.3 is 4.42 Å². The lowest BCUT2D eigenvalue weighted by Crippen LogP contribution is -2.56. The van der Waals surface area contributed by atoms with Gasteiger partial charge in [-0.05, 0) is 42.8 Å². The van der Waals surface area contributed by atoms with E-state index in [1.165, 1.54) is 38.2 Å². The van der Waals surface area contributed by atoms with E-state index < -0.39 is 0 Å². The van der Waals surface area contributed by atoms with Gasteiger partial charge in [0.2, 0.25) is 0 Å². The molecule has 0 atom stereocenters. The first-order valence-corrected chi connectivity index (χ1v) is 7.67. The number of hydrogen-bond acceptors (Lipinski definition) is 4. The molecule has 2 saturated heterocycles. The Morgan fingerprint density at radius 3 is 2.62 bits per heavy atom. The maximum atomic E-state index is 5.43. The molecule has 110 valence electrons. The van der Waals surface area contributed by atoms with Gasteiger partial charge in [0.25, 0.3) is 0 Å². The van der Waals surface area contributed by atoms with Crippen LogP contribution in [0.1, 0.15) is 17.7 Å². The van der Waals surface area contributed by atoms with E-state index in [-0.39, 0.29) is 0 Å². The fourth-order valence-electron chi connectivity index (χ4n) is 3.80. The van der Waals surface area contributed by atoms with Crippen LogP contribution in [0.15, 0.2) is 47.3 Å². The van der Waals surface area contributed by atoms with Gasteiger partial charge in [0.1, 0.15) is 5.76 Å². The van der Waals surface area contributed by atoms with Gasteiger partial charge in [-0.2, -0.15) is 0 Å². The largest absolute Gasteiger partial charge is 0.468 e. The average molecular weight is 283 g/mol. The topological polar surface area (TPSA) is 32.5 Å². The van der Waals surface area contributed by atoms with E-state index in [1.54, 1.807) is 6.26 Å². The number of nitrogens with zero attached hydrogens (tertiary/aromatic N) is 3. The molecule has 0 N–H and O–H groups in total. The quantitative estimate of drug-likeness (QED) is 0.862. The number of likely N-dealkylation sites (tertiary alicyclic amines) is 2. The van der Waals surface area contributed by atoms with E-state index >= 15 is 0 Å². The highest BCUT2D eigenvalue weighted by molar-refractivity contribution is 5.11. The summed E-state index contributed by atoms with van der Waals surface area (Å²) in [4.78, 5) is 9.16. The summed E-state index contributed by atoms with van der Waals surface area (Å²) in [5.41, 5.74) is 1.90. The zero-order valence-electron chi connectivity index (χ0n) is 12.2. The Balaban J connectivity index is 1.29. The van der Waals surface area contributed by atoms with Crippen molar-refractivity contribution in [1.29, 1.82) is 0 Å². The SMILES string of the molecule is c1coc(CN2CC3(CCN(Cc4ccncc4)C3)C2)c1. The first-order valence-electron chi connectivity index (χ1n) is 7.67. The van der Waals surface area contributed by atoms with Crippen molar-refractivity contribution in [1.82, 2.24) is 14.8 Å². The zero-order valence-corrected chi connectivity index (χ0v) is 12.2. The van der Waals surface area contributed by atoms with Crippen LogP contribution in [0.2, 0.25) is 0 Å². The summed E-state index contributed by atoms with van der Waals surface area (Å²) in [6.45, 7) is 6.88. The van der Waals surface area contributed by atoms with Crippen molar-refractivity contribution in [2.75, 3.05) is 26.2 Å². The molecule has 4 heteroatoms. The molecule has 4 rings (SSSR count). The van der Waals surface area contributed by atoms with E-state index in [1.807, 2.05) is 18.5 Å². The second kappa shape index (κ2) is 5.28. The minimum Gasteiger partial charge on any atom is -0.468 e. The highest BCUT2D eigenvalue weighted by atomic mass is 16.3. The molecule has 4 nitrogen and oxygen atoms in total. The molecule has 0 aromatic carbocycles. The van der Waals surface area contributed by atoms with Gasteiger partial charge in [0.15, 0.2) is 0 Å². The third-order valence-electron chi connectivity index (χ3n) is 4.75. The van der Waals surface area contributed by atoms with Gasteiger partial charge in [-0.1, -0.05) is 0 Å². The monoisotopic (exact) mass is 283 g/mol. The molecule has 0 aliphatic carbocycles. The molecule has 0 radical (unpaired) electrons. The molecule has 2 aliphatic heterocycles. The molecule has 2 aliphatic rings. The van der Waals surface area contributed by atoms with Crippen molar-refractivity contribution in [3.8, 4) is 0 Å². The molecular formula is C17H21N3O. The Morgan fingerprint density at radius 1 is 1.05 bits per heavy atom. The second-order valence-electron chi connectivity index (χ2n) is 6.54. The molecule has 2 fully saturated rings. The van der Waals surface area contributed by atoms with Crippen LogP contribution in [0.25, 0.3) is 0 Å². The van der Waals surface area contributed by atoms with E-state index in [0.29, 0.717) is 5.41 Å². The van der Waals surface area contributed by atoms with Gasteiger partial charge in [-0.3, -0.25) is 14.8 Å². The summed E-state index contributed by atoms with van der Waals surface area (Å²) in [6.07, 6.45) is 6.86. The summed E-state index contributed by atoms with van der Waals surface area (Å²) in [5, 5.41) is 0. The Morgan fingerprint density at radius 2 is 1.86 bits per heavy atom. The molecule has 0 saturated carbocycles. The van der Waals surface area contributed by atoms with Crippen LogP contribution in [0, 0.1) is 5.41 Å². The molecule has 2 aromatic rings. The van der Waals surface area contributed by atoms with Gasteiger partial charge in [-0.25, -0.2) is 0 Å². The van der Waals surface area contributed by atoms with Crippen molar-refractivity contribution in [3.63, 3.8) is 0 Å². The van der Waals surface area contributed by atoms with Crippen LogP contribution in [0.3, 0.4) is 0 Å². The number of pyridine rings is 1. The Labute approximate surface area is 125 Å². The van der Waals surface area contributed by atoms with Gasteiger partial charge in [-0.15, -0.1) is 0 Å². The molecule has 21 heavy (non-hydrogen) atoms. The highest BCUT2D eigenvalue weighted by Gasteiger charge is 2.47. The minimum absolute atomic E-state index is 0.527. The van der Waals surface area contributed by atoms with Crippen LogP contribution >= 0.6 is 0 Å². The predicted octanol–water partition coefficient (Wildman–Crippen LogP) is 2.38. The smallest absolute Gasteiger partial charge is 0.117 e. The third kappa shape index (κ3) is 2.74. The molecular weight excluding hydrogens is 262 g/mol. The van der Waals surface area contributed by atoms with Crippen LogP contribution in [-0.2, 0) is 13.1 Å². The summed E-state index contributed by atoms with van der Waals surface area (Å²) >= 11 is 0. The van der Waals surface area contributed by atoms with Crippen molar-refractivity contribution in [2.45, 2.75) is 19.5 Å². The lowest BCUT2D eigenvalue weighted by atomic mass is 9.79. The maximum Gasteiger partial charge on any atom is 0.117 e. The summed E-state index contributed by atoms with van der Waals surface area (Å²) in [5.74, 6) is 1.08. The molecule has 1 spiro atoms. The third-order valence-corrected chi connectivity index (χ3v) is 4.75. The van der Waals surface area contributed by atoms with E-state index in [4.69, 9.17) is 4.42 Å². The standard InChI is InChI=1S/C17H21N3O/c1-2-16(21-9-1)11-20-13-17(14-20)5-8-19(12-17)10-15-3-6-18-7-4-15/h1-4,6-7,9H,5,8,10-14H2. The van der Waals surface area contributed by atoms with E-state index in [2.05, 4.69) is 33.0 Å². The second-order valence-corrected chi connectivity index (χ2v) is 6.54. The molecule has 0 bridgehead atoms. The Hall–Kier alpha value is -1.65. The van der Waals surface area contributed by atoms with Crippen LogP contribution in [0.5, 0.6) is 0 Å². The first-order chi connectivity index (χ1) is 10.3. The van der Waals surface area contributed by atoms with Gasteiger partial charge in [0, 0.05) is 44.0 Å². The molecule has 4 heterocycles. The summed E-state index contributed by atoms with van der Waals surface area (Å²) in [6, 6.07) is 8.27. The number of aromatic nitrogens is 1. The van der Waals surface area contributed by atoms with Crippen molar-refractivity contribution >= 4 is 0 Å². The fraction of sp³-hybridized carbons (Fsp3) is 0.471. The fourth-order valence-corrected chi connectivity index (χ4v) is 3.80. The summed E-state index contributed by atoms with van der Waals surface area (Å²) in [7, 11) is 0. The summed E-state index contributed by atoms with van der Waals surface area (Å²) < 4.78 is 5.43. The molecule has 2 aromatic heterocycles. The Bertz CT molecular complexity index is 575. The predicted molar refractivity (Wildman–Crippen MR) is 80.5 cm³/mol. The number of hydrogen-bond donors (Lipinski definition) is 0. The lowest BCUT2D eigenvalue weighted by Gasteiger charge is -2.48. The van der Waals surface area contributed by atoms with Crippen molar-refractivity contribution in [2.24, 2.45) is 5.41 Å². The molecule has 0 unspecified atom stereocenters. The first kappa shape index (κ1) is 13.0. The van der Waals surface area contributed by atoms with Crippen molar-refractivity contribution < 1.29 is 4.42 Å². The minimum atomic E-state index is 0.527. The average Bonchev–Trinajstić information content (AvgIpc) is 3.10. The molecule has 0 amide bonds. The van der Waals surface area contributed by atoms with Crippen LogP contribution < -0.4 is 0 Å².